The minimum atomic E-state index is 0.774. The molecule has 27 rings (SSSR count). The molecule has 0 unspecified atom stereocenters. The van der Waals surface area contributed by atoms with Crippen molar-refractivity contribution < 1.29 is 13.3 Å². The lowest BCUT2D eigenvalue weighted by Crippen LogP contribution is -2.03. The fraction of sp³-hybridized carbons (Fsp3) is 0. The predicted octanol–water partition coefficient (Wildman–Crippen LogP) is 25.4. The van der Waals surface area contributed by atoms with Gasteiger partial charge >= 0.3 is 0 Å². The normalized spacial score (nSPS) is 12.6. The second-order valence-corrected chi connectivity index (χ2v) is 30.1. The summed E-state index contributed by atoms with van der Waals surface area (Å²) in [6.45, 7) is 0. The molecule has 15 aromatic carbocycles. The van der Waals surface area contributed by atoms with Gasteiger partial charge in [-0.3, -0.25) is 40.8 Å². The highest BCUT2D eigenvalue weighted by atomic mass is 16.4. The van der Waals surface area contributed by atoms with Crippen LogP contribution in [-0.4, -0.2) is 50.7 Å². The second-order valence-electron chi connectivity index (χ2n) is 30.1. The van der Waals surface area contributed by atoms with E-state index in [4.69, 9.17) is 23.2 Å². The lowest BCUT2D eigenvalue weighted by molar-refractivity contribution is 0.644. The number of hydrogen-bond donors (Lipinski definition) is 0. The Morgan fingerprint density at radius 3 is 1.15 bits per heavy atom. The van der Waals surface area contributed by atoms with E-state index in [0.717, 1.165) is 238 Å². The van der Waals surface area contributed by atoms with Crippen LogP contribution in [0.5, 0.6) is 0 Å². The van der Waals surface area contributed by atoms with Gasteiger partial charge in [0, 0.05) is 71.2 Å². The summed E-state index contributed by atoms with van der Waals surface area (Å²) in [6.07, 6.45) is 0. The lowest BCUT2D eigenvalue weighted by atomic mass is 10.0. The summed E-state index contributed by atoms with van der Waals surface area (Å²) in [5.41, 5.74) is 28.7. The molecule has 0 aliphatic heterocycles. The van der Waals surface area contributed by atoms with Gasteiger partial charge in [0.15, 0.2) is 0 Å². The third kappa shape index (κ3) is 7.90. The zero-order chi connectivity index (χ0) is 73.9. The minimum Gasteiger partial charge on any atom is -0.439 e. The van der Waals surface area contributed by atoms with Crippen molar-refractivity contribution in [1.82, 2.24) is 50.7 Å². The monoisotopic (exact) mass is 1460 g/mol. The molecule has 14 nitrogen and oxygen atoms in total. The third-order valence-corrected chi connectivity index (χ3v) is 24.2. The Kier molecular flexibility index (Phi) is 11.6. The van der Waals surface area contributed by atoms with Crippen LogP contribution < -0.4 is 0 Å². The first-order valence-corrected chi connectivity index (χ1v) is 38.5. The first kappa shape index (κ1) is 60.1. The summed E-state index contributed by atoms with van der Waals surface area (Å²) in [5, 5.41) is 13.0. The molecule has 0 saturated heterocycles. The van der Waals surface area contributed by atoms with Crippen molar-refractivity contribution >= 4 is 187 Å². The van der Waals surface area contributed by atoms with Crippen molar-refractivity contribution in [3.05, 3.63) is 346 Å². The van der Waals surface area contributed by atoms with E-state index in [9.17, 15) is 0 Å². The predicted molar refractivity (Wildman–Crippen MR) is 462 cm³/mol. The van der Waals surface area contributed by atoms with E-state index in [1.54, 1.807) is 0 Å². The molecular weight excluding hydrogens is 1400 g/mol. The summed E-state index contributed by atoms with van der Waals surface area (Å²) < 4.78 is 42.3. The molecule has 0 N–H and O–H groups in total. The second kappa shape index (κ2) is 22.0. The summed E-state index contributed by atoms with van der Waals surface area (Å²) in [6, 6.07) is 124. The Balaban J connectivity index is 0.590. The Labute approximate surface area is 644 Å². The molecular formula is C100H57N11O3. The van der Waals surface area contributed by atoms with Crippen LogP contribution in [0.4, 0.5) is 0 Å². The van der Waals surface area contributed by atoms with Crippen LogP contribution in [-0.2, 0) is 0 Å². The average molecular weight is 1460 g/mol. The van der Waals surface area contributed by atoms with Crippen molar-refractivity contribution in [2.75, 3.05) is 0 Å². The Bertz CT molecular complexity index is 8910. The highest BCUT2D eigenvalue weighted by Gasteiger charge is 2.30. The molecule has 0 saturated carbocycles. The van der Waals surface area contributed by atoms with Gasteiger partial charge in [-0.15, -0.1) is 0 Å². The summed E-state index contributed by atoms with van der Waals surface area (Å²) >= 11 is 0. The van der Waals surface area contributed by atoms with Gasteiger partial charge in [0.05, 0.1) is 105 Å². The standard InChI is InChI=1S/C100H57N11O3/c1-2-22-60(23-3-1)103-80-49-46-65(56-72(80)91-67-28-4-10-34-77(67)104(95(91)103)61-24-20-26-63(54-61)108-84-39-15-17-41-86(84)110-82-37-13-8-32-75(82)101-99(108)110)106-78-35-11-5-29-68(78)92-71-48-44-59(53-90(71)114-96(92)106)58-45-51-89-74(52-58)93-69-30-6-12-36-79(69)107(97(93)113-89)66-47-50-81-73(57-66)94-70-31-7-19-43-88(70)112-98(94)105(81)62-25-21-27-64(55-62)109-85-40-16-18-42-87(85)111-83-38-14-9-33-76(83)102-100(109)111/h1-57H. The molecule has 0 fully saturated rings. The average Bonchev–Trinajstić information content (AvgIpc) is 1.48. The third-order valence-electron chi connectivity index (χ3n) is 24.2. The SMILES string of the molecule is c1ccc(-n2c3ccc(-n4c5ccccc5c5c6ccc(-c7ccc8oc9c(c8c7)c7ccccc7n9-c7ccc8c(c7)c7c9ccccc9oc7n8-c7cccc(-n8c9ccccc9n9c%10ccccc%10nc89)c7)cc6oc54)cc3c3c4ccccc4n(-c4cccc(-n5c6ccccc6n6c7ccccc7nc56)c4)c32)cc1. The minimum absolute atomic E-state index is 0.774. The number of para-hydroxylation sites is 13. The highest BCUT2D eigenvalue weighted by molar-refractivity contribution is 6.26. The van der Waals surface area contributed by atoms with Crippen molar-refractivity contribution in [3.8, 4) is 50.9 Å². The van der Waals surface area contributed by atoms with E-state index in [1.807, 2.05) is 12.1 Å². The fourth-order valence-electron chi connectivity index (χ4n) is 19.5. The number of rotatable bonds is 8. The zero-order valence-electron chi connectivity index (χ0n) is 60.6. The van der Waals surface area contributed by atoms with Gasteiger partial charge in [0.1, 0.15) is 22.4 Å². The van der Waals surface area contributed by atoms with E-state index >= 15 is 0 Å². The smallest absolute Gasteiger partial charge is 0.220 e. The van der Waals surface area contributed by atoms with Crippen LogP contribution in [0.15, 0.2) is 359 Å². The van der Waals surface area contributed by atoms with Gasteiger partial charge in [-0.05, 0) is 193 Å². The number of benzene rings is 15. The van der Waals surface area contributed by atoms with Crippen LogP contribution in [0.1, 0.15) is 0 Å². The van der Waals surface area contributed by atoms with Gasteiger partial charge in [-0.2, -0.15) is 0 Å². The molecule has 12 heterocycles. The molecule has 530 valence electrons. The molecule has 27 aromatic rings. The van der Waals surface area contributed by atoms with Crippen LogP contribution >= 0.6 is 0 Å². The topological polar surface area (TPSA) is 109 Å². The van der Waals surface area contributed by atoms with Crippen LogP contribution in [0, 0.1) is 0 Å². The molecule has 0 aliphatic carbocycles. The van der Waals surface area contributed by atoms with Gasteiger partial charge in [-0.1, -0.05) is 164 Å². The van der Waals surface area contributed by atoms with Gasteiger partial charge in [0.25, 0.3) is 0 Å². The molecule has 0 bridgehead atoms. The van der Waals surface area contributed by atoms with Gasteiger partial charge < -0.3 is 13.3 Å². The van der Waals surface area contributed by atoms with Gasteiger partial charge in [-0.25, -0.2) is 9.97 Å². The van der Waals surface area contributed by atoms with Crippen molar-refractivity contribution in [1.29, 1.82) is 0 Å². The lowest BCUT2D eigenvalue weighted by Gasteiger charge is -2.14. The van der Waals surface area contributed by atoms with Gasteiger partial charge in [0.2, 0.25) is 28.7 Å². The Morgan fingerprint density at radius 1 is 0.193 bits per heavy atom. The summed E-state index contributed by atoms with van der Waals surface area (Å²) in [5.74, 6) is 1.72. The van der Waals surface area contributed by atoms with E-state index in [2.05, 4.69) is 374 Å². The van der Waals surface area contributed by atoms with Crippen LogP contribution in [0.25, 0.3) is 238 Å². The maximum absolute atomic E-state index is 7.33. The first-order chi connectivity index (χ1) is 56.6. The van der Waals surface area contributed by atoms with Crippen molar-refractivity contribution in [2.24, 2.45) is 0 Å². The molecule has 0 spiro atoms. The number of furan rings is 3. The number of hydrogen-bond acceptors (Lipinski definition) is 5. The van der Waals surface area contributed by atoms with Crippen molar-refractivity contribution in [2.45, 2.75) is 0 Å². The molecule has 14 heteroatoms. The number of imidazole rings is 4. The molecule has 0 radical (unpaired) electrons. The molecule has 12 aromatic heterocycles. The highest BCUT2D eigenvalue weighted by Crippen LogP contribution is 2.49. The quantitative estimate of drug-likeness (QED) is 0.151. The van der Waals surface area contributed by atoms with E-state index in [-0.39, 0.29) is 0 Å². The van der Waals surface area contributed by atoms with E-state index in [0.29, 0.717) is 0 Å². The fourth-order valence-corrected chi connectivity index (χ4v) is 19.5. The first-order valence-electron chi connectivity index (χ1n) is 38.5. The van der Waals surface area contributed by atoms with Crippen molar-refractivity contribution in [3.63, 3.8) is 0 Å². The molecule has 0 atom stereocenters. The number of aromatic nitrogens is 11. The Hall–Kier alpha value is -15.8. The van der Waals surface area contributed by atoms with E-state index in [1.165, 1.54) is 0 Å². The molecule has 114 heavy (non-hydrogen) atoms. The number of nitrogens with zero attached hydrogens (tertiary/aromatic N) is 11. The summed E-state index contributed by atoms with van der Waals surface area (Å²) in [4.78, 5) is 10.5. The largest absolute Gasteiger partial charge is 0.439 e. The maximum atomic E-state index is 7.33. The molecule has 0 aliphatic rings. The molecule has 0 amide bonds. The Morgan fingerprint density at radius 2 is 0.561 bits per heavy atom. The van der Waals surface area contributed by atoms with E-state index < -0.39 is 0 Å². The maximum Gasteiger partial charge on any atom is 0.220 e. The number of fused-ring (bicyclic) bond motifs is 30. The zero-order valence-corrected chi connectivity index (χ0v) is 60.6. The summed E-state index contributed by atoms with van der Waals surface area (Å²) in [7, 11) is 0. The van der Waals surface area contributed by atoms with Crippen LogP contribution in [0.3, 0.4) is 0 Å². The van der Waals surface area contributed by atoms with Crippen LogP contribution in [0.2, 0.25) is 0 Å².